The first-order chi connectivity index (χ1) is 11.7. The summed E-state index contributed by atoms with van der Waals surface area (Å²) < 4.78 is 0. The lowest BCUT2D eigenvalue weighted by molar-refractivity contribution is 0.223. The summed E-state index contributed by atoms with van der Waals surface area (Å²) >= 11 is 0. The molecule has 1 N–H and O–H groups in total. The van der Waals surface area contributed by atoms with Crippen molar-refractivity contribution in [2.75, 3.05) is 32.7 Å². The van der Waals surface area contributed by atoms with Crippen LogP contribution in [0.2, 0.25) is 0 Å². The smallest absolute Gasteiger partial charge is 0.194 e. The van der Waals surface area contributed by atoms with E-state index in [1.807, 2.05) is 24.3 Å². The van der Waals surface area contributed by atoms with E-state index in [1.54, 1.807) is 0 Å². The molecule has 0 aromatic heterocycles. The van der Waals surface area contributed by atoms with Gasteiger partial charge in [0.15, 0.2) is 5.96 Å². The Labute approximate surface area is 146 Å². The van der Waals surface area contributed by atoms with Crippen LogP contribution in [-0.2, 0) is 6.54 Å². The Balaban J connectivity index is 2.04. The van der Waals surface area contributed by atoms with Crippen LogP contribution in [0.25, 0.3) is 0 Å². The largest absolute Gasteiger partial charge is 0.357 e. The number of hydrogen-bond donors (Lipinski definition) is 1. The second-order valence-corrected chi connectivity index (χ2v) is 6.09. The number of rotatable bonds is 6. The average molecular weight is 327 g/mol. The zero-order valence-electron chi connectivity index (χ0n) is 15.1. The Morgan fingerprint density at radius 1 is 1.38 bits per heavy atom. The summed E-state index contributed by atoms with van der Waals surface area (Å²) in [5.41, 5.74) is 1.76. The number of benzene rings is 1. The highest BCUT2D eigenvalue weighted by Crippen LogP contribution is 2.16. The quantitative estimate of drug-likeness (QED) is 0.644. The highest BCUT2D eigenvalue weighted by atomic mass is 15.3. The number of nitrogens with zero attached hydrogens (tertiary/aromatic N) is 4. The van der Waals surface area contributed by atoms with E-state index in [1.165, 1.54) is 6.42 Å². The predicted octanol–water partition coefficient (Wildman–Crippen LogP) is 2.44. The van der Waals surface area contributed by atoms with Crippen molar-refractivity contribution in [2.24, 2.45) is 4.99 Å². The molecule has 0 spiro atoms. The van der Waals surface area contributed by atoms with Gasteiger partial charge in [-0.15, -0.1) is 0 Å². The average Bonchev–Trinajstić information content (AvgIpc) is 3.09. The van der Waals surface area contributed by atoms with Crippen molar-refractivity contribution in [3.63, 3.8) is 0 Å². The minimum atomic E-state index is 0.601. The van der Waals surface area contributed by atoms with Crippen molar-refractivity contribution in [3.8, 4) is 6.07 Å². The molecule has 1 atom stereocenters. The van der Waals surface area contributed by atoms with Crippen LogP contribution in [-0.4, -0.2) is 54.5 Å². The van der Waals surface area contributed by atoms with Crippen molar-refractivity contribution in [2.45, 2.75) is 39.8 Å². The molecule has 2 rings (SSSR count). The maximum Gasteiger partial charge on any atom is 0.194 e. The van der Waals surface area contributed by atoms with E-state index < -0.39 is 0 Å². The molecule has 1 aromatic carbocycles. The molecule has 1 aliphatic rings. The maximum absolute atomic E-state index is 9.01. The van der Waals surface area contributed by atoms with Gasteiger partial charge < -0.3 is 10.2 Å². The maximum atomic E-state index is 9.01. The van der Waals surface area contributed by atoms with Crippen molar-refractivity contribution < 1.29 is 0 Å². The Bertz CT molecular complexity index is 586. The molecule has 0 saturated carbocycles. The number of guanidine groups is 1. The first-order valence-electron chi connectivity index (χ1n) is 8.98. The molecule has 0 bridgehead atoms. The van der Waals surface area contributed by atoms with Crippen molar-refractivity contribution >= 4 is 5.96 Å². The van der Waals surface area contributed by atoms with Gasteiger partial charge in [0, 0.05) is 25.7 Å². The minimum absolute atomic E-state index is 0.601. The fourth-order valence-corrected chi connectivity index (χ4v) is 3.30. The fraction of sp³-hybridized carbons (Fsp3) is 0.579. The minimum Gasteiger partial charge on any atom is -0.357 e. The Morgan fingerprint density at radius 2 is 2.17 bits per heavy atom. The molecule has 130 valence electrons. The molecule has 0 aliphatic carbocycles. The topological polar surface area (TPSA) is 54.7 Å². The molecule has 1 aromatic rings. The van der Waals surface area contributed by atoms with E-state index in [4.69, 9.17) is 10.3 Å². The molecule has 5 heteroatoms. The number of nitrogens with one attached hydrogen (secondary N) is 1. The molecule has 0 radical (unpaired) electrons. The first-order valence-corrected chi connectivity index (χ1v) is 8.98. The van der Waals surface area contributed by atoms with Crippen LogP contribution in [0.4, 0.5) is 0 Å². The van der Waals surface area contributed by atoms with Crippen molar-refractivity contribution in [3.05, 3.63) is 35.4 Å². The fourth-order valence-electron chi connectivity index (χ4n) is 3.30. The Kier molecular flexibility index (Phi) is 7.07. The van der Waals surface area contributed by atoms with Gasteiger partial charge in [0.1, 0.15) is 0 Å². The van der Waals surface area contributed by atoms with Gasteiger partial charge >= 0.3 is 0 Å². The van der Waals surface area contributed by atoms with Gasteiger partial charge in [0.25, 0.3) is 0 Å². The summed E-state index contributed by atoms with van der Waals surface area (Å²) in [6, 6.07) is 10.5. The highest BCUT2D eigenvalue weighted by Gasteiger charge is 2.27. The summed E-state index contributed by atoms with van der Waals surface area (Å²) in [7, 11) is 0. The van der Waals surface area contributed by atoms with Crippen LogP contribution in [0.15, 0.2) is 29.3 Å². The third kappa shape index (κ3) is 4.72. The van der Waals surface area contributed by atoms with Crippen molar-refractivity contribution in [1.29, 1.82) is 5.26 Å². The van der Waals surface area contributed by atoms with Crippen LogP contribution < -0.4 is 5.32 Å². The van der Waals surface area contributed by atoms with Crippen LogP contribution in [0.5, 0.6) is 0 Å². The Hall–Kier alpha value is -2.06. The van der Waals surface area contributed by atoms with Crippen LogP contribution >= 0.6 is 0 Å². The summed E-state index contributed by atoms with van der Waals surface area (Å²) in [6.45, 7) is 12.3. The highest BCUT2D eigenvalue weighted by molar-refractivity contribution is 5.80. The van der Waals surface area contributed by atoms with Gasteiger partial charge in [0.05, 0.1) is 18.2 Å². The molecule has 5 nitrogen and oxygen atoms in total. The lowest BCUT2D eigenvalue weighted by atomic mass is 10.1. The van der Waals surface area contributed by atoms with Gasteiger partial charge in [-0.1, -0.05) is 26.0 Å². The second kappa shape index (κ2) is 9.29. The lowest BCUT2D eigenvalue weighted by Gasteiger charge is -2.27. The number of likely N-dealkylation sites (N-methyl/N-ethyl adjacent to an activating group) is 1. The van der Waals surface area contributed by atoms with E-state index in [0.717, 1.165) is 44.2 Å². The number of aliphatic imine (C=N–C) groups is 1. The van der Waals surface area contributed by atoms with Crippen molar-refractivity contribution in [1.82, 2.24) is 15.1 Å². The molecule has 1 fully saturated rings. The molecular formula is C19H29N5. The van der Waals surface area contributed by atoms with E-state index >= 15 is 0 Å². The van der Waals surface area contributed by atoms with Gasteiger partial charge in [-0.05, 0) is 44.1 Å². The second-order valence-electron chi connectivity index (χ2n) is 6.09. The molecule has 1 unspecified atom stereocenters. The van der Waals surface area contributed by atoms with E-state index in [2.05, 4.69) is 42.0 Å². The zero-order valence-corrected chi connectivity index (χ0v) is 15.1. The van der Waals surface area contributed by atoms with E-state index in [-0.39, 0.29) is 0 Å². The zero-order chi connectivity index (χ0) is 17.4. The normalized spacial score (nSPS) is 18.0. The molecule has 1 saturated heterocycles. The van der Waals surface area contributed by atoms with Crippen LogP contribution in [0.3, 0.4) is 0 Å². The number of likely N-dealkylation sites (tertiary alicyclic amines) is 1. The summed E-state index contributed by atoms with van der Waals surface area (Å²) in [5.74, 6) is 0.981. The summed E-state index contributed by atoms with van der Waals surface area (Å²) in [5, 5.41) is 12.4. The third-order valence-corrected chi connectivity index (χ3v) is 4.59. The van der Waals surface area contributed by atoms with Gasteiger partial charge in [-0.25, -0.2) is 4.99 Å². The van der Waals surface area contributed by atoms with E-state index in [0.29, 0.717) is 18.2 Å². The van der Waals surface area contributed by atoms with Gasteiger partial charge in [-0.2, -0.15) is 5.26 Å². The molecule has 1 heterocycles. The predicted molar refractivity (Wildman–Crippen MR) is 98.9 cm³/mol. The van der Waals surface area contributed by atoms with E-state index in [9.17, 15) is 0 Å². The molecular weight excluding hydrogens is 298 g/mol. The summed E-state index contributed by atoms with van der Waals surface area (Å²) in [6.07, 6.45) is 1.19. The summed E-state index contributed by atoms with van der Waals surface area (Å²) in [4.78, 5) is 9.68. The van der Waals surface area contributed by atoms with Crippen LogP contribution in [0, 0.1) is 11.3 Å². The van der Waals surface area contributed by atoms with Gasteiger partial charge in [0.2, 0.25) is 0 Å². The van der Waals surface area contributed by atoms with Gasteiger partial charge in [-0.3, -0.25) is 4.90 Å². The number of nitriles is 1. The standard InChI is InChI=1S/C19H29N5/c1-4-21-19(22-14-17-9-7-8-16(12-17)13-20)24-11-10-18(15-24)23(5-2)6-3/h7-9,12,18H,4-6,10-11,14-15H2,1-3H3,(H,21,22). The SMILES string of the molecule is CCNC(=NCc1cccc(C#N)c1)N1CCC(N(CC)CC)C1. The molecule has 24 heavy (non-hydrogen) atoms. The molecule has 1 aliphatic heterocycles. The molecule has 0 amide bonds. The monoisotopic (exact) mass is 327 g/mol. The third-order valence-electron chi connectivity index (χ3n) is 4.59. The lowest BCUT2D eigenvalue weighted by Crippen LogP contribution is -2.43. The van der Waals surface area contributed by atoms with Crippen LogP contribution in [0.1, 0.15) is 38.3 Å². The first kappa shape index (κ1) is 18.3. The number of hydrogen-bond acceptors (Lipinski definition) is 3. The Morgan fingerprint density at radius 3 is 2.83 bits per heavy atom.